The third-order valence-electron chi connectivity index (χ3n) is 2.24. The molecule has 0 aliphatic carbocycles. The highest BCUT2D eigenvalue weighted by molar-refractivity contribution is 6.00. The SMILES string of the molecule is CCNc1ccc([N+](=O)[O-])c(C(=O)NCC(N)=O)c1. The van der Waals surface area contributed by atoms with Crippen LogP contribution in [-0.2, 0) is 4.79 Å². The number of nitro groups is 1. The number of nitro benzene ring substituents is 1. The molecule has 0 radical (unpaired) electrons. The molecule has 4 N–H and O–H groups in total. The highest BCUT2D eigenvalue weighted by Crippen LogP contribution is 2.22. The predicted molar refractivity (Wildman–Crippen MR) is 68.8 cm³/mol. The minimum Gasteiger partial charge on any atom is -0.385 e. The zero-order valence-corrected chi connectivity index (χ0v) is 10.3. The maximum Gasteiger partial charge on any atom is 0.282 e. The van der Waals surface area contributed by atoms with Crippen LogP contribution >= 0.6 is 0 Å². The van der Waals surface area contributed by atoms with Crippen molar-refractivity contribution in [1.29, 1.82) is 0 Å². The lowest BCUT2D eigenvalue weighted by Gasteiger charge is -2.07. The third-order valence-corrected chi connectivity index (χ3v) is 2.24. The molecule has 0 atom stereocenters. The van der Waals surface area contributed by atoms with Crippen molar-refractivity contribution in [2.75, 3.05) is 18.4 Å². The van der Waals surface area contributed by atoms with Gasteiger partial charge in [0.15, 0.2) is 0 Å². The van der Waals surface area contributed by atoms with Crippen LogP contribution in [0.2, 0.25) is 0 Å². The number of carbonyl (C=O) groups is 2. The van der Waals surface area contributed by atoms with Crippen molar-refractivity contribution in [3.63, 3.8) is 0 Å². The van der Waals surface area contributed by atoms with Crippen LogP contribution in [0.4, 0.5) is 11.4 Å². The number of anilines is 1. The first-order valence-corrected chi connectivity index (χ1v) is 5.54. The van der Waals surface area contributed by atoms with Crippen LogP contribution in [0.25, 0.3) is 0 Å². The van der Waals surface area contributed by atoms with Gasteiger partial charge in [0.2, 0.25) is 5.91 Å². The van der Waals surface area contributed by atoms with Crippen molar-refractivity contribution < 1.29 is 14.5 Å². The lowest BCUT2D eigenvalue weighted by molar-refractivity contribution is -0.385. The molecular formula is C11H14N4O4. The van der Waals surface area contributed by atoms with E-state index in [9.17, 15) is 19.7 Å². The topological polar surface area (TPSA) is 127 Å². The van der Waals surface area contributed by atoms with Gasteiger partial charge >= 0.3 is 0 Å². The number of rotatable bonds is 6. The monoisotopic (exact) mass is 266 g/mol. The highest BCUT2D eigenvalue weighted by atomic mass is 16.6. The van der Waals surface area contributed by atoms with Crippen LogP contribution in [0, 0.1) is 10.1 Å². The quantitative estimate of drug-likeness (QED) is 0.502. The molecular weight excluding hydrogens is 252 g/mol. The first-order valence-electron chi connectivity index (χ1n) is 5.54. The molecule has 0 fully saturated rings. The smallest absolute Gasteiger partial charge is 0.282 e. The summed E-state index contributed by atoms with van der Waals surface area (Å²) < 4.78 is 0. The number of hydrogen-bond donors (Lipinski definition) is 3. The third kappa shape index (κ3) is 3.95. The molecule has 0 aromatic heterocycles. The van der Waals surface area contributed by atoms with Gasteiger partial charge in [0.1, 0.15) is 5.56 Å². The standard InChI is InChI=1S/C11H14N4O4/c1-2-13-7-3-4-9(15(18)19)8(5-7)11(17)14-6-10(12)16/h3-5,13H,2,6H2,1H3,(H2,12,16)(H,14,17). The van der Waals surface area contributed by atoms with E-state index in [0.29, 0.717) is 12.2 Å². The van der Waals surface area contributed by atoms with Gasteiger partial charge in [0.25, 0.3) is 11.6 Å². The molecule has 1 aromatic carbocycles. The number of primary amides is 1. The number of hydrogen-bond acceptors (Lipinski definition) is 5. The van der Waals surface area contributed by atoms with Gasteiger partial charge in [0, 0.05) is 18.3 Å². The molecule has 1 aromatic rings. The first-order chi connectivity index (χ1) is 8.95. The summed E-state index contributed by atoms with van der Waals surface area (Å²) in [5.74, 6) is -1.44. The van der Waals surface area contributed by atoms with E-state index in [2.05, 4.69) is 10.6 Å². The molecule has 0 saturated heterocycles. The van der Waals surface area contributed by atoms with Crippen LogP contribution < -0.4 is 16.4 Å². The van der Waals surface area contributed by atoms with E-state index in [1.165, 1.54) is 18.2 Å². The van der Waals surface area contributed by atoms with Crippen LogP contribution in [-0.4, -0.2) is 29.8 Å². The molecule has 0 unspecified atom stereocenters. The van der Waals surface area contributed by atoms with Crippen molar-refractivity contribution in [2.24, 2.45) is 5.73 Å². The van der Waals surface area contributed by atoms with Crippen molar-refractivity contribution in [2.45, 2.75) is 6.92 Å². The van der Waals surface area contributed by atoms with E-state index in [0.717, 1.165) is 0 Å². The predicted octanol–water partition coefficient (Wildman–Crippen LogP) is 0.242. The second-order valence-electron chi connectivity index (χ2n) is 3.67. The Labute approximate surface area is 109 Å². The van der Waals surface area contributed by atoms with Gasteiger partial charge in [-0.1, -0.05) is 0 Å². The van der Waals surface area contributed by atoms with Gasteiger partial charge in [0.05, 0.1) is 11.5 Å². The van der Waals surface area contributed by atoms with Gasteiger partial charge in [-0.25, -0.2) is 0 Å². The number of benzene rings is 1. The fourth-order valence-electron chi connectivity index (χ4n) is 1.45. The van der Waals surface area contributed by atoms with Crippen molar-refractivity contribution in [1.82, 2.24) is 5.32 Å². The fraction of sp³-hybridized carbons (Fsp3) is 0.273. The van der Waals surface area contributed by atoms with E-state index in [-0.39, 0.29) is 17.8 Å². The van der Waals surface area contributed by atoms with E-state index in [1.807, 2.05) is 6.92 Å². The summed E-state index contributed by atoms with van der Waals surface area (Å²) in [5, 5.41) is 16.0. The number of carbonyl (C=O) groups excluding carboxylic acids is 2. The molecule has 0 bridgehead atoms. The van der Waals surface area contributed by atoms with Crippen molar-refractivity contribution >= 4 is 23.2 Å². The minimum absolute atomic E-state index is 0.121. The lowest BCUT2D eigenvalue weighted by atomic mass is 10.1. The second-order valence-corrected chi connectivity index (χ2v) is 3.67. The molecule has 8 heteroatoms. The molecule has 0 saturated carbocycles. The van der Waals surface area contributed by atoms with E-state index in [4.69, 9.17) is 5.73 Å². The fourth-order valence-corrected chi connectivity index (χ4v) is 1.45. The summed E-state index contributed by atoms with van der Waals surface area (Å²) in [6.45, 7) is 2.09. The first kappa shape index (κ1) is 14.4. The molecule has 2 amide bonds. The Hall–Kier alpha value is -2.64. The molecule has 1 rings (SSSR count). The normalized spacial score (nSPS) is 9.74. The van der Waals surface area contributed by atoms with Gasteiger partial charge in [-0.05, 0) is 19.1 Å². The van der Waals surface area contributed by atoms with Crippen LogP contribution in [0.15, 0.2) is 18.2 Å². The summed E-state index contributed by atoms with van der Waals surface area (Å²) in [6, 6.07) is 4.10. The van der Waals surface area contributed by atoms with Crippen LogP contribution in [0.1, 0.15) is 17.3 Å². The van der Waals surface area contributed by atoms with Gasteiger partial charge < -0.3 is 16.4 Å². The Balaban J connectivity index is 3.06. The van der Waals surface area contributed by atoms with Crippen molar-refractivity contribution in [3.8, 4) is 0 Å². The maximum absolute atomic E-state index is 11.8. The summed E-state index contributed by atoms with van der Waals surface area (Å²) in [6.07, 6.45) is 0. The molecule has 0 heterocycles. The average molecular weight is 266 g/mol. The van der Waals surface area contributed by atoms with Crippen LogP contribution in [0.5, 0.6) is 0 Å². The lowest BCUT2D eigenvalue weighted by Crippen LogP contribution is -2.33. The van der Waals surface area contributed by atoms with Crippen molar-refractivity contribution in [3.05, 3.63) is 33.9 Å². The molecule has 102 valence electrons. The number of nitrogens with zero attached hydrogens (tertiary/aromatic N) is 1. The second kappa shape index (κ2) is 6.34. The minimum atomic E-state index is -0.723. The molecule has 0 spiro atoms. The summed E-state index contributed by atoms with van der Waals surface area (Å²) in [5.41, 5.74) is 5.02. The van der Waals surface area contributed by atoms with Crippen LogP contribution in [0.3, 0.4) is 0 Å². The molecule has 0 aliphatic heterocycles. The Morgan fingerprint density at radius 1 is 1.42 bits per heavy atom. The number of amides is 2. The summed E-state index contributed by atoms with van der Waals surface area (Å²) in [7, 11) is 0. The Bertz CT molecular complexity index is 515. The van der Waals surface area contributed by atoms with Gasteiger partial charge in [-0.2, -0.15) is 0 Å². The summed E-state index contributed by atoms with van der Waals surface area (Å²) in [4.78, 5) is 32.6. The molecule has 0 aliphatic rings. The summed E-state index contributed by atoms with van der Waals surface area (Å²) >= 11 is 0. The van der Waals surface area contributed by atoms with E-state index < -0.39 is 16.7 Å². The number of nitrogens with one attached hydrogen (secondary N) is 2. The highest BCUT2D eigenvalue weighted by Gasteiger charge is 2.20. The molecule has 8 nitrogen and oxygen atoms in total. The average Bonchev–Trinajstić information content (AvgIpc) is 2.36. The number of nitrogens with two attached hydrogens (primary N) is 1. The zero-order valence-electron chi connectivity index (χ0n) is 10.3. The Morgan fingerprint density at radius 3 is 2.63 bits per heavy atom. The van der Waals surface area contributed by atoms with Gasteiger partial charge in [-0.3, -0.25) is 19.7 Å². The maximum atomic E-state index is 11.8. The Kier molecular flexibility index (Phi) is 4.81. The largest absolute Gasteiger partial charge is 0.385 e. The molecule has 19 heavy (non-hydrogen) atoms. The Morgan fingerprint density at radius 2 is 2.11 bits per heavy atom. The zero-order chi connectivity index (χ0) is 14.4. The van der Waals surface area contributed by atoms with E-state index in [1.54, 1.807) is 0 Å². The van der Waals surface area contributed by atoms with E-state index >= 15 is 0 Å². The van der Waals surface area contributed by atoms with Gasteiger partial charge in [-0.15, -0.1) is 0 Å².